The fraction of sp³-hybridized carbons (Fsp3) is 0.682. The molecule has 0 radical (unpaired) electrons. The van der Waals surface area contributed by atoms with Crippen molar-refractivity contribution in [3.63, 3.8) is 0 Å². The Morgan fingerprint density at radius 2 is 1.85 bits per heavy atom. The number of likely N-dealkylation sites (tertiary alicyclic amines) is 1. The van der Waals surface area contributed by atoms with Gasteiger partial charge >= 0.3 is 0 Å². The van der Waals surface area contributed by atoms with Crippen LogP contribution in [0, 0.1) is 5.92 Å². The van der Waals surface area contributed by atoms with Gasteiger partial charge < -0.3 is 15.0 Å². The lowest BCUT2D eigenvalue weighted by molar-refractivity contribution is -0.129. The molecule has 1 N–H and O–H groups in total. The van der Waals surface area contributed by atoms with E-state index in [1.54, 1.807) is 0 Å². The lowest BCUT2D eigenvalue weighted by Gasteiger charge is -2.47. The number of nitrogens with one attached hydrogen (secondary N) is 1. The third kappa shape index (κ3) is 4.12. The van der Waals surface area contributed by atoms with Gasteiger partial charge in [-0.15, -0.1) is 0 Å². The molecule has 1 aromatic rings. The van der Waals surface area contributed by atoms with Gasteiger partial charge in [-0.3, -0.25) is 4.79 Å². The summed E-state index contributed by atoms with van der Waals surface area (Å²) in [5.41, 5.74) is 0.814. The van der Waals surface area contributed by atoms with Crippen LogP contribution < -0.4 is 5.32 Å². The molecule has 26 heavy (non-hydrogen) atoms. The minimum atomic E-state index is 0.0437. The Hall–Kier alpha value is -1.39. The summed E-state index contributed by atoms with van der Waals surface area (Å²) in [7, 11) is 0. The van der Waals surface area contributed by atoms with Gasteiger partial charge in [-0.2, -0.15) is 0 Å². The average molecular weight is 357 g/mol. The highest BCUT2D eigenvalue weighted by molar-refractivity contribution is 5.94. The molecule has 1 unspecified atom stereocenters. The average Bonchev–Trinajstić information content (AvgIpc) is 3.22. The second-order valence-electron chi connectivity index (χ2n) is 8.44. The monoisotopic (exact) mass is 356 g/mol. The van der Waals surface area contributed by atoms with Crippen molar-refractivity contribution in [1.29, 1.82) is 0 Å². The van der Waals surface area contributed by atoms with E-state index in [2.05, 4.69) is 10.2 Å². The van der Waals surface area contributed by atoms with Gasteiger partial charge in [-0.1, -0.05) is 31.0 Å². The van der Waals surface area contributed by atoms with Crippen LogP contribution in [0.25, 0.3) is 0 Å². The largest absolute Gasteiger partial charge is 0.375 e. The number of piperidine rings is 1. The van der Waals surface area contributed by atoms with Crippen LogP contribution in [0.15, 0.2) is 30.3 Å². The van der Waals surface area contributed by atoms with Gasteiger partial charge in [0.05, 0.1) is 5.60 Å². The van der Waals surface area contributed by atoms with E-state index in [1.165, 1.54) is 38.8 Å². The van der Waals surface area contributed by atoms with E-state index in [-0.39, 0.29) is 11.5 Å². The molecular weight excluding hydrogens is 324 g/mol. The number of hydrogen-bond donors (Lipinski definition) is 1. The van der Waals surface area contributed by atoms with Crippen molar-refractivity contribution in [1.82, 2.24) is 10.2 Å². The van der Waals surface area contributed by atoms with Crippen molar-refractivity contribution in [2.75, 3.05) is 26.2 Å². The summed E-state index contributed by atoms with van der Waals surface area (Å²) >= 11 is 0. The van der Waals surface area contributed by atoms with Gasteiger partial charge in [-0.05, 0) is 56.6 Å². The van der Waals surface area contributed by atoms with Crippen LogP contribution in [-0.2, 0) is 4.74 Å². The van der Waals surface area contributed by atoms with Crippen molar-refractivity contribution < 1.29 is 9.53 Å². The van der Waals surface area contributed by atoms with Gasteiger partial charge in [0.25, 0.3) is 5.91 Å². The molecular formula is C22H32N2O2. The molecule has 2 saturated heterocycles. The molecule has 1 atom stereocenters. The summed E-state index contributed by atoms with van der Waals surface area (Å²) in [6, 6.07) is 10.3. The molecule has 1 saturated carbocycles. The van der Waals surface area contributed by atoms with Crippen LogP contribution in [0.3, 0.4) is 0 Å². The minimum absolute atomic E-state index is 0.0437. The molecule has 2 heterocycles. The quantitative estimate of drug-likeness (QED) is 0.896. The molecule has 0 aromatic heterocycles. The molecule has 142 valence electrons. The zero-order valence-corrected chi connectivity index (χ0v) is 15.8. The first-order chi connectivity index (χ1) is 12.7. The van der Waals surface area contributed by atoms with E-state index < -0.39 is 0 Å². The highest BCUT2D eigenvalue weighted by Crippen LogP contribution is 2.39. The molecule has 4 nitrogen and oxygen atoms in total. The summed E-state index contributed by atoms with van der Waals surface area (Å²) in [4.78, 5) is 15.0. The maximum Gasteiger partial charge on any atom is 0.251 e. The Morgan fingerprint density at radius 3 is 2.58 bits per heavy atom. The van der Waals surface area contributed by atoms with Crippen molar-refractivity contribution >= 4 is 5.91 Å². The molecule has 2 aliphatic heterocycles. The highest BCUT2D eigenvalue weighted by Gasteiger charge is 2.41. The lowest BCUT2D eigenvalue weighted by Crippen LogP contribution is -2.52. The van der Waals surface area contributed by atoms with Crippen molar-refractivity contribution in [2.45, 2.75) is 63.0 Å². The molecule has 4 heteroatoms. The Kier molecular flexibility index (Phi) is 5.60. The molecule has 4 rings (SSSR count). The predicted molar refractivity (Wildman–Crippen MR) is 103 cm³/mol. The van der Waals surface area contributed by atoms with Gasteiger partial charge in [0.15, 0.2) is 0 Å². The highest BCUT2D eigenvalue weighted by atomic mass is 16.5. The summed E-state index contributed by atoms with van der Waals surface area (Å²) in [5, 5.41) is 3.14. The zero-order valence-electron chi connectivity index (χ0n) is 15.8. The Bertz CT molecular complexity index is 589. The van der Waals surface area contributed by atoms with Gasteiger partial charge in [0.1, 0.15) is 0 Å². The number of rotatable bonds is 4. The second kappa shape index (κ2) is 8.10. The number of nitrogens with zero attached hydrogens (tertiary/aromatic N) is 1. The normalized spacial score (nSPS) is 26.8. The first-order valence-electron chi connectivity index (χ1n) is 10.5. The number of benzene rings is 1. The van der Waals surface area contributed by atoms with Gasteiger partial charge in [0, 0.05) is 37.8 Å². The molecule has 3 aliphatic rings. The van der Waals surface area contributed by atoms with E-state index in [1.807, 2.05) is 30.3 Å². The number of ether oxygens (including phenoxy) is 1. The first kappa shape index (κ1) is 18.0. The molecule has 1 amide bonds. The zero-order chi connectivity index (χ0) is 17.8. The number of carbonyl (C=O) groups is 1. The number of hydrogen-bond acceptors (Lipinski definition) is 3. The fourth-order valence-electron chi connectivity index (χ4n) is 5.15. The van der Waals surface area contributed by atoms with Crippen molar-refractivity contribution in [3.8, 4) is 0 Å². The SMILES string of the molecule is O=C(NCC1CCOC2(CCN(C3CCCC3)CC2)C1)c1ccccc1. The predicted octanol–water partition coefficient (Wildman–Crippen LogP) is 3.62. The van der Waals surface area contributed by atoms with E-state index in [9.17, 15) is 4.79 Å². The first-order valence-corrected chi connectivity index (χ1v) is 10.5. The molecule has 0 bridgehead atoms. The van der Waals surface area contributed by atoms with E-state index >= 15 is 0 Å². The standard InChI is InChI=1S/C22H32N2O2/c25-21(19-6-2-1-3-7-19)23-17-18-10-15-26-22(16-18)11-13-24(14-12-22)20-8-4-5-9-20/h1-3,6-7,18,20H,4-5,8-17H2,(H,23,25). The Morgan fingerprint density at radius 1 is 1.12 bits per heavy atom. The van der Waals surface area contributed by atoms with Crippen LogP contribution in [0.2, 0.25) is 0 Å². The lowest BCUT2D eigenvalue weighted by atomic mass is 9.79. The van der Waals surface area contributed by atoms with Crippen LogP contribution in [0.5, 0.6) is 0 Å². The van der Waals surface area contributed by atoms with Crippen LogP contribution in [-0.4, -0.2) is 48.7 Å². The van der Waals surface area contributed by atoms with Gasteiger partial charge in [0.2, 0.25) is 0 Å². The van der Waals surface area contributed by atoms with Crippen molar-refractivity contribution in [3.05, 3.63) is 35.9 Å². The fourth-order valence-corrected chi connectivity index (χ4v) is 5.15. The Labute approximate surface area is 157 Å². The van der Waals surface area contributed by atoms with E-state index in [0.717, 1.165) is 50.4 Å². The molecule has 3 fully saturated rings. The molecule has 1 aromatic carbocycles. The van der Waals surface area contributed by atoms with E-state index in [4.69, 9.17) is 4.74 Å². The Balaban J connectivity index is 1.27. The van der Waals surface area contributed by atoms with Crippen LogP contribution >= 0.6 is 0 Å². The maximum atomic E-state index is 12.3. The summed E-state index contributed by atoms with van der Waals surface area (Å²) in [6.07, 6.45) is 10.1. The maximum absolute atomic E-state index is 12.3. The second-order valence-corrected chi connectivity index (χ2v) is 8.44. The number of amides is 1. The van der Waals surface area contributed by atoms with Crippen LogP contribution in [0.1, 0.15) is 61.7 Å². The van der Waals surface area contributed by atoms with Gasteiger partial charge in [-0.25, -0.2) is 0 Å². The van der Waals surface area contributed by atoms with Crippen molar-refractivity contribution in [2.24, 2.45) is 5.92 Å². The molecule has 1 aliphatic carbocycles. The third-order valence-electron chi connectivity index (χ3n) is 6.73. The summed E-state index contributed by atoms with van der Waals surface area (Å²) < 4.78 is 6.30. The summed E-state index contributed by atoms with van der Waals surface area (Å²) in [5.74, 6) is 0.580. The summed E-state index contributed by atoms with van der Waals surface area (Å²) in [6.45, 7) is 3.99. The third-order valence-corrected chi connectivity index (χ3v) is 6.73. The minimum Gasteiger partial charge on any atom is -0.375 e. The smallest absolute Gasteiger partial charge is 0.251 e. The van der Waals surface area contributed by atoms with E-state index in [0.29, 0.717) is 5.92 Å². The van der Waals surface area contributed by atoms with Crippen LogP contribution in [0.4, 0.5) is 0 Å². The molecule has 1 spiro atoms. The topological polar surface area (TPSA) is 41.6 Å². The number of carbonyl (C=O) groups excluding carboxylic acids is 1.